The van der Waals surface area contributed by atoms with E-state index in [1.54, 1.807) is 24.3 Å². The second kappa shape index (κ2) is 5.98. The minimum Gasteiger partial charge on any atom is -0.497 e. The second-order valence-corrected chi connectivity index (χ2v) is 5.20. The molecule has 3 rings (SSSR count). The molecule has 25 heavy (non-hydrogen) atoms. The van der Waals surface area contributed by atoms with Crippen LogP contribution in [-0.2, 0) is 0 Å². The van der Waals surface area contributed by atoms with Gasteiger partial charge in [0.15, 0.2) is 0 Å². The fraction of sp³-hybridized carbons (Fsp3) is 0.0588. The van der Waals surface area contributed by atoms with E-state index in [9.17, 15) is 20.2 Å². The number of hydrogen-bond donors (Lipinski definition) is 1. The molecule has 0 saturated heterocycles. The molecule has 0 fully saturated rings. The van der Waals surface area contributed by atoms with E-state index in [1.165, 1.54) is 19.2 Å². The summed E-state index contributed by atoms with van der Waals surface area (Å²) in [6.45, 7) is 0. The van der Waals surface area contributed by atoms with Gasteiger partial charge in [0.25, 0.3) is 11.2 Å². The van der Waals surface area contributed by atoms with Crippen LogP contribution < -0.4 is 16.0 Å². The minimum absolute atomic E-state index is 0.0287. The highest BCUT2D eigenvalue weighted by Gasteiger charge is 2.18. The molecule has 1 heterocycles. The SMILES string of the molecule is COc1ccc(-n2c(N)c(C#N)c3ccc([N+](=O)[O-])cc3c2=O)cc1. The maximum atomic E-state index is 12.9. The van der Waals surface area contributed by atoms with Crippen LogP contribution in [0.1, 0.15) is 5.56 Å². The second-order valence-electron chi connectivity index (χ2n) is 5.20. The number of fused-ring (bicyclic) bond motifs is 1. The number of nitrogens with zero attached hydrogens (tertiary/aromatic N) is 3. The van der Waals surface area contributed by atoms with Gasteiger partial charge in [-0.15, -0.1) is 0 Å². The summed E-state index contributed by atoms with van der Waals surface area (Å²) in [5.41, 5.74) is 5.77. The molecular formula is C17H12N4O4. The van der Waals surface area contributed by atoms with Gasteiger partial charge in [-0.3, -0.25) is 19.5 Å². The number of rotatable bonds is 3. The zero-order valence-electron chi connectivity index (χ0n) is 13.1. The Morgan fingerprint density at radius 3 is 2.44 bits per heavy atom. The van der Waals surface area contributed by atoms with Gasteiger partial charge in [0, 0.05) is 17.5 Å². The van der Waals surface area contributed by atoms with Crippen LogP contribution in [0.25, 0.3) is 16.5 Å². The number of non-ortho nitro benzene ring substituents is 1. The van der Waals surface area contributed by atoms with Gasteiger partial charge in [0.2, 0.25) is 0 Å². The Morgan fingerprint density at radius 1 is 1.20 bits per heavy atom. The van der Waals surface area contributed by atoms with Crippen LogP contribution in [0.15, 0.2) is 47.3 Å². The van der Waals surface area contributed by atoms with Gasteiger partial charge < -0.3 is 10.5 Å². The number of anilines is 1. The van der Waals surface area contributed by atoms with Crippen molar-refractivity contribution < 1.29 is 9.66 Å². The lowest BCUT2D eigenvalue weighted by Crippen LogP contribution is -2.23. The number of nitro groups is 1. The van der Waals surface area contributed by atoms with Gasteiger partial charge in [-0.2, -0.15) is 5.26 Å². The van der Waals surface area contributed by atoms with E-state index >= 15 is 0 Å². The van der Waals surface area contributed by atoms with Gasteiger partial charge in [-0.25, -0.2) is 0 Å². The van der Waals surface area contributed by atoms with Gasteiger partial charge in [-0.05, 0) is 30.3 Å². The Morgan fingerprint density at radius 2 is 1.88 bits per heavy atom. The average Bonchev–Trinajstić information content (AvgIpc) is 2.62. The molecule has 0 aliphatic heterocycles. The van der Waals surface area contributed by atoms with E-state index < -0.39 is 10.5 Å². The van der Waals surface area contributed by atoms with Crippen LogP contribution in [0.2, 0.25) is 0 Å². The van der Waals surface area contributed by atoms with E-state index in [2.05, 4.69) is 0 Å². The molecule has 0 saturated carbocycles. The first kappa shape index (κ1) is 16.0. The number of nitriles is 1. The summed E-state index contributed by atoms with van der Waals surface area (Å²) >= 11 is 0. The maximum absolute atomic E-state index is 12.9. The van der Waals surface area contributed by atoms with Crippen LogP contribution in [0.4, 0.5) is 11.5 Å². The number of benzene rings is 2. The first-order valence-corrected chi connectivity index (χ1v) is 7.15. The predicted octanol–water partition coefficient (Wildman–Crippen LogP) is 2.36. The Bertz CT molecular complexity index is 1090. The van der Waals surface area contributed by atoms with E-state index in [-0.39, 0.29) is 27.8 Å². The highest BCUT2D eigenvalue weighted by molar-refractivity contribution is 5.92. The number of hydrogen-bond acceptors (Lipinski definition) is 6. The summed E-state index contributed by atoms with van der Waals surface area (Å²) in [7, 11) is 1.51. The highest BCUT2D eigenvalue weighted by Crippen LogP contribution is 2.27. The lowest BCUT2D eigenvalue weighted by Gasteiger charge is -2.13. The molecule has 0 spiro atoms. The standard InChI is InChI=1S/C17H12N4O4/c1-25-12-5-2-10(3-6-12)20-16(19)15(9-18)13-7-4-11(21(23)24)8-14(13)17(20)22/h2-8H,19H2,1H3. The molecule has 0 amide bonds. The van der Waals surface area contributed by atoms with Crippen LogP contribution >= 0.6 is 0 Å². The average molecular weight is 336 g/mol. The molecule has 0 aliphatic rings. The largest absolute Gasteiger partial charge is 0.497 e. The first-order chi connectivity index (χ1) is 12.0. The van der Waals surface area contributed by atoms with Crippen molar-refractivity contribution in [3.8, 4) is 17.5 Å². The predicted molar refractivity (Wildman–Crippen MR) is 91.9 cm³/mol. The molecule has 2 N–H and O–H groups in total. The van der Waals surface area contributed by atoms with Crippen molar-refractivity contribution in [3.63, 3.8) is 0 Å². The number of pyridine rings is 1. The van der Waals surface area contributed by atoms with E-state index in [1.807, 2.05) is 6.07 Å². The number of nitro benzene ring substituents is 1. The lowest BCUT2D eigenvalue weighted by atomic mass is 10.1. The third-order valence-electron chi connectivity index (χ3n) is 3.86. The summed E-state index contributed by atoms with van der Waals surface area (Å²) in [4.78, 5) is 23.3. The molecule has 0 unspecified atom stereocenters. The molecule has 0 atom stereocenters. The number of nitrogen functional groups attached to an aromatic ring is 1. The van der Waals surface area contributed by atoms with E-state index in [4.69, 9.17) is 10.5 Å². The summed E-state index contributed by atoms with van der Waals surface area (Å²) in [6.07, 6.45) is 0. The fourth-order valence-corrected chi connectivity index (χ4v) is 2.63. The smallest absolute Gasteiger partial charge is 0.270 e. The number of methoxy groups -OCH3 is 1. The molecule has 0 bridgehead atoms. The molecule has 2 aromatic carbocycles. The Labute approximate surface area is 141 Å². The van der Waals surface area contributed by atoms with Crippen molar-refractivity contribution in [2.75, 3.05) is 12.8 Å². The summed E-state index contributed by atoms with van der Waals surface area (Å²) in [6, 6.07) is 12.2. The zero-order valence-corrected chi connectivity index (χ0v) is 13.1. The first-order valence-electron chi connectivity index (χ1n) is 7.15. The Hall–Kier alpha value is -3.86. The van der Waals surface area contributed by atoms with E-state index in [0.717, 1.165) is 10.6 Å². The van der Waals surface area contributed by atoms with Crippen molar-refractivity contribution in [1.29, 1.82) is 5.26 Å². The lowest BCUT2D eigenvalue weighted by molar-refractivity contribution is -0.384. The Balaban J connectivity index is 2.40. The normalized spacial score (nSPS) is 10.4. The summed E-state index contributed by atoms with van der Waals surface area (Å²) < 4.78 is 6.23. The van der Waals surface area contributed by atoms with Crippen molar-refractivity contribution in [2.24, 2.45) is 0 Å². The summed E-state index contributed by atoms with van der Waals surface area (Å²) in [5.74, 6) is 0.561. The number of aromatic nitrogens is 1. The fourth-order valence-electron chi connectivity index (χ4n) is 2.63. The van der Waals surface area contributed by atoms with E-state index in [0.29, 0.717) is 11.4 Å². The molecular weight excluding hydrogens is 324 g/mol. The van der Waals surface area contributed by atoms with Crippen LogP contribution in [0.5, 0.6) is 5.75 Å². The van der Waals surface area contributed by atoms with Crippen molar-refractivity contribution >= 4 is 22.3 Å². The van der Waals surface area contributed by atoms with Gasteiger partial charge >= 0.3 is 0 Å². The monoisotopic (exact) mass is 336 g/mol. The van der Waals surface area contributed by atoms with Gasteiger partial charge in [0.1, 0.15) is 23.2 Å². The van der Waals surface area contributed by atoms with Crippen LogP contribution in [-0.4, -0.2) is 16.6 Å². The topological polar surface area (TPSA) is 124 Å². The maximum Gasteiger partial charge on any atom is 0.270 e. The van der Waals surface area contributed by atoms with Crippen LogP contribution in [0.3, 0.4) is 0 Å². The van der Waals surface area contributed by atoms with Crippen molar-refractivity contribution in [3.05, 3.63) is 68.5 Å². The minimum atomic E-state index is -0.598. The number of nitrogens with two attached hydrogens (primary N) is 1. The van der Waals surface area contributed by atoms with Crippen molar-refractivity contribution in [2.45, 2.75) is 0 Å². The zero-order chi connectivity index (χ0) is 18.1. The molecule has 1 aromatic heterocycles. The molecule has 8 nitrogen and oxygen atoms in total. The summed E-state index contributed by atoms with van der Waals surface area (Å²) in [5, 5.41) is 20.8. The van der Waals surface area contributed by atoms with Crippen LogP contribution in [0, 0.1) is 21.4 Å². The molecule has 0 radical (unpaired) electrons. The third kappa shape index (κ3) is 2.53. The van der Waals surface area contributed by atoms with Crippen molar-refractivity contribution in [1.82, 2.24) is 4.57 Å². The molecule has 8 heteroatoms. The molecule has 124 valence electrons. The van der Waals surface area contributed by atoms with Gasteiger partial charge in [0.05, 0.1) is 23.1 Å². The molecule has 0 aliphatic carbocycles. The highest BCUT2D eigenvalue weighted by atomic mass is 16.6. The number of ether oxygens (including phenoxy) is 1. The third-order valence-corrected chi connectivity index (χ3v) is 3.86. The molecule has 3 aromatic rings. The Kier molecular flexibility index (Phi) is 3.83. The van der Waals surface area contributed by atoms with Gasteiger partial charge in [-0.1, -0.05) is 0 Å². The quantitative estimate of drug-likeness (QED) is 0.578.